The lowest BCUT2D eigenvalue weighted by Crippen LogP contribution is -2.36. The summed E-state index contributed by atoms with van der Waals surface area (Å²) in [6.45, 7) is 14.4. The van der Waals surface area contributed by atoms with Gasteiger partial charge in [0.2, 0.25) is 0 Å². The Morgan fingerprint density at radius 3 is 2.61 bits per heavy atom. The van der Waals surface area contributed by atoms with Gasteiger partial charge in [-0.3, -0.25) is 4.79 Å². The Hall–Kier alpha value is -1.31. The first-order valence-electron chi connectivity index (χ1n) is 10.9. The molecule has 0 amide bonds. The number of nitrogens with zero attached hydrogens (tertiary/aromatic N) is 4. The van der Waals surface area contributed by atoms with Crippen LogP contribution in [-0.2, 0) is 22.6 Å². The first-order valence-corrected chi connectivity index (χ1v) is 10.9. The zero-order chi connectivity index (χ0) is 20.4. The van der Waals surface area contributed by atoms with Crippen molar-refractivity contribution in [1.29, 1.82) is 0 Å². The number of piperidine rings is 1. The molecule has 28 heavy (non-hydrogen) atoms. The summed E-state index contributed by atoms with van der Waals surface area (Å²) in [6.07, 6.45) is 6.21. The van der Waals surface area contributed by atoms with Gasteiger partial charge in [0.15, 0.2) is 0 Å². The van der Waals surface area contributed by atoms with Crippen LogP contribution in [0.3, 0.4) is 0 Å². The molecule has 1 aliphatic rings. The molecule has 7 heteroatoms. The van der Waals surface area contributed by atoms with Crippen LogP contribution in [0.5, 0.6) is 0 Å². The molecule has 1 fully saturated rings. The SMILES string of the molecule is CC(C)NCc1cn(CCOCCN2CCC(CCC(=O)C(C)C)CC2)nn1. The normalized spacial score (nSPS) is 16.4. The average molecular weight is 394 g/mol. The molecule has 0 bridgehead atoms. The van der Waals surface area contributed by atoms with E-state index in [2.05, 4.69) is 34.4 Å². The Labute approximate surface area is 170 Å². The van der Waals surface area contributed by atoms with Crippen LogP contribution >= 0.6 is 0 Å². The predicted octanol–water partition coefficient (Wildman–Crippen LogP) is 2.51. The van der Waals surface area contributed by atoms with E-state index in [-0.39, 0.29) is 5.92 Å². The van der Waals surface area contributed by atoms with Crippen LogP contribution in [0.2, 0.25) is 0 Å². The molecule has 1 saturated heterocycles. The summed E-state index contributed by atoms with van der Waals surface area (Å²) < 4.78 is 7.64. The summed E-state index contributed by atoms with van der Waals surface area (Å²) in [5.74, 6) is 1.30. The standard InChI is InChI=1S/C21H39N5O2/c1-17(2)21(27)6-5-19-7-9-25(10-8-19)11-13-28-14-12-26-16-20(23-24-26)15-22-18(3)4/h16-19,22H,5-15H2,1-4H3. The summed E-state index contributed by atoms with van der Waals surface area (Å²) >= 11 is 0. The highest BCUT2D eigenvalue weighted by atomic mass is 16.5. The van der Waals surface area contributed by atoms with Crippen LogP contribution in [0.15, 0.2) is 6.20 Å². The lowest BCUT2D eigenvalue weighted by Gasteiger charge is -2.31. The summed E-state index contributed by atoms with van der Waals surface area (Å²) in [5, 5.41) is 11.7. The van der Waals surface area contributed by atoms with E-state index in [1.54, 1.807) is 0 Å². The first kappa shape index (κ1) is 23.0. The van der Waals surface area contributed by atoms with E-state index in [1.807, 2.05) is 24.7 Å². The number of aromatic nitrogens is 3. The number of rotatable bonds is 13. The Balaban J connectivity index is 1.50. The van der Waals surface area contributed by atoms with E-state index in [0.717, 1.165) is 57.9 Å². The molecular weight excluding hydrogens is 354 g/mol. The van der Waals surface area contributed by atoms with Crippen LogP contribution < -0.4 is 5.32 Å². The van der Waals surface area contributed by atoms with Gasteiger partial charge >= 0.3 is 0 Å². The number of ketones is 1. The molecule has 0 atom stereocenters. The molecule has 160 valence electrons. The van der Waals surface area contributed by atoms with Gasteiger partial charge in [-0.25, -0.2) is 4.68 Å². The number of Topliss-reactive ketones (excluding diaryl/α,β-unsaturated/α-hetero) is 1. The van der Waals surface area contributed by atoms with Gasteiger partial charge in [-0.05, 0) is 38.3 Å². The van der Waals surface area contributed by atoms with Crippen LogP contribution in [0, 0.1) is 11.8 Å². The quantitative estimate of drug-likeness (QED) is 0.519. The summed E-state index contributed by atoms with van der Waals surface area (Å²) in [6, 6.07) is 0.445. The molecule has 0 saturated carbocycles. The van der Waals surface area contributed by atoms with Gasteiger partial charge < -0.3 is 15.0 Å². The Kier molecular flexibility index (Phi) is 10.1. The fourth-order valence-corrected chi connectivity index (χ4v) is 3.43. The van der Waals surface area contributed by atoms with Crippen molar-refractivity contribution in [2.24, 2.45) is 11.8 Å². The maximum atomic E-state index is 11.8. The second-order valence-electron chi connectivity index (χ2n) is 8.57. The zero-order valence-corrected chi connectivity index (χ0v) is 18.2. The number of carbonyl (C=O) groups is 1. The lowest BCUT2D eigenvalue weighted by molar-refractivity contribution is -0.122. The number of hydrogen-bond acceptors (Lipinski definition) is 6. The van der Waals surface area contributed by atoms with E-state index in [4.69, 9.17) is 4.74 Å². The molecular formula is C21H39N5O2. The second-order valence-corrected chi connectivity index (χ2v) is 8.57. The maximum absolute atomic E-state index is 11.8. The lowest BCUT2D eigenvalue weighted by atomic mass is 9.90. The van der Waals surface area contributed by atoms with Gasteiger partial charge in [-0.1, -0.05) is 32.9 Å². The number of ether oxygens (including phenoxy) is 1. The molecule has 2 heterocycles. The van der Waals surface area contributed by atoms with Crippen LogP contribution in [0.4, 0.5) is 0 Å². The molecule has 1 aromatic heterocycles. The van der Waals surface area contributed by atoms with Gasteiger partial charge in [0.25, 0.3) is 0 Å². The van der Waals surface area contributed by atoms with Crippen molar-refractivity contribution >= 4 is 5.78 Å². The Bertz CT molecular complexity index is 565. The smallest absolute Gasteiger partial charge is 0.135 e. The van der Waals surface area contributed by atoms with E-state index >= 15 is 0 Å². The van der Waals surface area contributed by atoms with Crippen molar-refractivity contribution in [2.75, 3.05) is 32.8 Å². The molecule has 2 rings (SSSR count). The third kappa shape index (κ3) is 8.80. The van der Waals surface area contributed by atoms with Gasteiger partial charge in [-0.15, -0.1) is 5.10 Å². The third-order valence-corrected chi connectivity index (χ3v) is 5.44. The zero-order valence-electron chi connectivity index (χ0n) is 18.2. The van der Waals surface area contributed by atoms with Crippen molar-refractivity contribution in [3.63, 3.8) is 0 Å². The molecule has 1 N–H and O–H groups in total. The van der Waals surface area contributed by atoms with Gasteiger partial charge in [0.1, 0.15) is 5.78 Å². The second kappa shape index (κ2) is 12.3. The maximum Gasteiger partial charge on any atom is 0.135 e. The van der Waals surface area contributed by atoms with Crippen molar-refractivity contribution in [3.05, 3.63) is 11.9 Å². The molecule has 7 nitrogen and oxygen atoms in total. The molecule has 0 radical (unpaired) electrons. The van der Waals surface area contributed by atoms with Crippen molar-refractivity contribution in [3.8, 4) is 0 Å². The van der Waals surface area contributed by atoms with Crippen LogP contribution in [-0.4, -0.2) is 64.6 Å². The molecule has 1 aromatic rings. The number of likely N-dealkylation sites (tertiary alicyclic amines) is 1. The van der Waals surface area contributed by atoms with E-state index in [0.29, 0.717) is 24.3 Å². The van der Waals surface area contributed by atoms with Gasteiger partial charge in [0.05, 0.1) is 25.5 Å². The Morgan fingerprint density at radius 2 is 1.93 bits per heavy atom. The highest BCUT2D eigenvalue weighted by Crippen LogP contribution is 2.22. The van der Waals surface area contributed by atoms with Gasteiger partial charge in [-0.2, -0.15) is 0 Å². The third-order valence-electron chi connectivity index (χ3n) is 5.44. The van der Waals surface area contributed by atoms with E-state index in [1.165, 1.54) is 12.8 Å². The fraction of sp³-hybridized carbons (Fsp3) is 0.857. The molecule has 0 spiro atoms. The number of carbonyl (C=O) groups excluding carboxylic acids is 1. The van der Waals surface area contributed by atoms with Gasteiger partial charge in [0, 0.05) is 37.7 Å². The topological polar surface area (TPSA) is 72.3 Å². The molecule has 1 aliphatic heterocycles. The predicted molar refractivity (Wildman–Crippen MR) is 111 cm³/mol. The minimum Gasteiger partial charge on any atom is -0.378 e. The van der Waals surface area contributed by atoms with E-state index in [9.17, 15) is 4.79 Å². The van der Waals surface area contributed by atoms with Crippen molar-refractivity contribution in [1.82, 2.24) is 25.2 Å². The van der Waals surface area contributed by atoms with Crippen LogP contribution in [0.1, 0.15) is 59.1 Å². The van der Waals surface area contributed by atoms with Crippen LogP contribution in [0.25, 0.3) is 0 Å². The van der Waals surface area contributed by atoms with Crippen molar-refractivity contribution < 1.29 is 9.53 Å². The highest BCUT2D eigenvalue weighted by Gasteiger charge is 2.20. The summed E-state index contributed by atoms with van der Waals surface area (Å²) in [5.41, 5.74) is 0.965. The van der Waals surface area contributed by atoms with E-state index < -0.39 is 0 Å². The average Bonchev–Trinajstić information content (AvgIpc) is 3.13. The fourth-order valence-electron chi connectivity index (χ4n) is 3.43. The largest absolute Gasteiger partial charge is 0.378 e. The highest BCUT2D eigenvalue weighted by molar-refractivity contribution is 5.80. The number of hydrogen-bond donors (Lipinski definition) is 1. The minimum absolute atomic E-state index is 0.179. The summed E-state index contributed by atoms with van der Waals surface area (Å²) in [7, 11) is 0. The van der Waals surface area contributed by atoms with Crippen molar-refractivity contribution in [2.45, 2.75) is 72.5 Å². The molecule has 0 aliphatic carbocycles. The first-order chi connectivity index (χ1) is 13.4. The summed E-state index contributed by atoms with van der Waals surface area (Å²) in [4.78, 5) is 14.3. The minimum atomic E-state index is 0.179. The Morgan fingerprint density at radius 1 is 1.21 bits per heavy atom. The monoisotopic (exact) mass is 393 g/mol. The molecule has 0 aromatic carbocycles. The molecule has 0 unspecified atom stereocenters. The number of nitrogens with one attached hydrogen (secondary N) is 1.